The summed E-state index contributed by atoms with van der Waals surface area (Å²) in [4.78, 5) is 12.3. The van der Waals surface area contributed by atoms with Crippen LogP contribution < -0.4 is 5.32 Å². The SMILES string of the molecule is N#Cc1cccc(C(=O)NC[C@@H](CCO)c2ccc(Cl)c(Cl)c2)c1O. The molecular formula is C18H16Cl2N2O3. The van der Waals surface area contributed by atoms with Crippen LogP contribution in [-0.2, 0) is 0 Å². The maximum Gasteiger partial charge on any atom is 0.255 e. The number of nitriles is 1. The summed E-state index contributed by atoms with van der Waals surface area (Å²) in [5.74, 6) is -1.03. The van der Waals surface area contributed by atoms with Crippen LogP contribution in [0.1, 0.15) is 33.8 Å². The number of hydrogen-bond acceptors (Lipinski definition) is 4. The van der Waals surface area contributed by atoms with E-state index >= 15 is 0 Å². The number of aliphatic hydroxyl groups is 1. The van der Waals surface area contributed by atoms with Gasteiger partial charge in [-0.3, -0.25) is 4.79 Å². The number of hydrogen-bond donors (Lipinski definition) is 3. The highest BCUT2D eigenvalue weighted by Gasteiger charge is 2.17. The number of rotatable bonds is 6. The molecule has 0 aliphatic heterocycles. The molecule has 2 rings (SSSR count). The molecule has 2 aromatic carbocycles. The lowest BCUT2D eigenvalue weighted by atomic mass is 9.95. The molecule has 0 saturated heterocycles. The molecule has 7 heteroatoms. The maximum atomic E-state index is 12.3. The van der Waals surface area contributed by atoms with Gasteiger partial charge in [-0.15, -0.1) is 0 Å². The summed E-state index contributed by atoms with van der Waals surface area (Å²) in [6.45, 7) is 0.170. The lowest BCUT2D eigenvalue weighted by Gasteiger charge is -2.18. The van der Waals surface area contributed by atoms with Crippen molar-refractivity contribution in [3.05, 3.63) is 63.1 Å². The molecule has 0 bridgehead atoms. The standard InChI is InChI=1S/C18H16Cl2N2O3/c19-15-5-4-11(8-16(15)20)13(6-7-23)10-22-18(25)14-3-1-2-12(9-21)17(14)24/h1-5,8,13,23-24H,6-7,10H2,(H,22,25)/t13-/m1/s1. The van der Waals surface area contributed by atoms with Gasteiger partial charge in [-0.1, -0.05) is 35.3 Å². The van der Waals surface area contributed by atoms with Gasteiger partial charge in [-0.05, 0) is 36.2 Å². The van der Waals surface area contributed by atoms with E-state index < -0.39 is 5.91 Å². The number of nitrogens with zero attached hydrogens (tertiary/aromatic N) is 1. The summed E-state index contributed by atoms with van der Waals surface area (Å²) in [5.41, 5.74) is 0.888. The van der Waals surface area contributed by atoms with Crippen LogP contribution in [0.2, 0.25) is 10.0 Å². The predicted octanol–water partition coefficient (Wildman–Crippen LogP) is 3.47. The van der Waals surface area contributed by atoms with E-state index in [1.54, 1.807) is 18.2 Å². The first-order chi connectivity index (χ1) is 12.0. The minimum atomic E-state index is -0.502. The molecule has 5 nitrogen and oxygen atoms in total. The van der Waals surface area contributed by atoms with E-state index in [-0.39, 0.29) is 35.9 Å². The Labute approximate surface area is 155 Å². The van der Waals surface area contributed by atoms with Gasteiger partial charge in [-0.25, -0.2) is 0 Å². The third kappa shape index (κ3) is 4.64. The number of benzene rings is 2. The van der Waals surface area contributed by atoms with Crippen molar-refractivity contribution in [1.29, 1.82) is 5.26 Å². The van der Waals surface area contributed by atoms with E-state index in [9.17, 15) is 15.0 Å². The van der Waals surface area contributed by atoms with Gasteiger partial charge in [0.25, 0.3) is 5.91 Å². The van der Waals surface area contributed by atoms with E-state index in [1.165, 1.54) is 18.2 Å². The van der Waals surface area contributed by atoms with Gasteiger partial charge in [0.05, 0.1) is 21.2 Å². The summed E-state index contributed by atoms with van der Waals surface area (Å²) >= 11 is 11.9. The van der Waals surface area contributed by atoms with E-state index in [2.05, 4.69) is 5.32 Å². The average molecular weight is 379 g/mol. The molecule has 1 amide bonds. The second-order valence-electron chi connectivity index (χ2n) is 5.41. The van der Waals surface area contributed by atoms with Gasteiger partial charge in [0, 0.05) is 19.1 Å². The number of carbonyl (C=O) groups is 1. The molecule has 2 aromatic rings. The largest absolute Gasteiger partial charge is 0.506 e. The highest BCUT2D eigenvalue weighted by molar-refractivity contribution is 6.42. The molecule has 25 heavy (non-hydrogen) atoms. The van der Waals surface area contributed by atoms with E-state index in [0.29, 0.717) is 16.5 Å². The number of phenols is 1. The van der Waals surface area contributed by atoms with Crippen molar-refractivity contribution in [2.75, 3.05) is 13.2 Å². The first kappa shape index (κ1) is 19.1. The molecule has 0 aliphatic rings. The van der Waals surface area contributed by atoms with Crippen LogP contribution in [0.15, 0.2) is 36.4 Å². The number of phenolic OH excluding ortho intramolecular Hbond substituents is 1. The topological polar surface area (TPSA) is 93.4 Å². The zero-order chi connectivity index (χ0) is 18.4. The smallest absolute Gasteiger partial charge is 0.255 e. The van der Waals surface area contributed by atoms with Crippen molar-refractivity contribution < 1.29 is 15.0 Å². The normalized spacial score (nSPS) is 11.6. The number of para-hydroxylation sites is 1. The zero-order valence-corrected chi connectivity index (χ0v) is 14.7. The van der Waals surface area contributed by atoms with Gasteiger partial charge in [-0.2, -0.15) is 5.26 Å². The van der Waals surface area contributed by atoms with Crippen molar-refractivity contribution in [1.82, 2.24) is 5.32 Å². The Kier molecular flexibility index (Phi) is 6.65. The minimum Gasteiger partial charge on any atom is -0.506 e. The summed E-state index contributed by atoms with van der Waals surface area (Å²) in [6, 6.07) is 11.4. The van der Waals surface area contributed by atoms with Crippen molar-refractivity contribution >= 4 is 29.1 Å². The Morgan fingerprint density at radius 2 is 2.00 bits per heavy atom. The Bertz CT molecular complexity index is 818. The van der Waals surface area contributed by atoms with Gasteiger partial charge >= 0.3 is 0 Å². The summed E-state index contributed by atoms with van der Waals surface area (Å²) in [6.07, 6.45) is 0.419. The first-order valence-electron chi connectivity index (χ1n) is 7.54. The Morgan fingerprint density at radius 3 is 2.64 bits per heavy atom. The molecule has 0 spiro atoms. The van der Waals surface area contributed by atoms with E-state index in [4.69, 9.17) is 28.5 Å². The van der Waals surface area contributed by atoms with E-state index in [0.717, 1.165) is 5.56 Å². The molecular weight excluding hydrogens is 363 g/mol. The van der Waals surface area contributed by atoms with Crippen molar-refractivity contribution in [3.63, 3.8) is 0 Å². The number of aliphatic hydroxyl groups excluding tert-OH is 1. The van der Waals surface area contributed by atoms with Crippen molar-refractivity contribution in [2.24, 2.45) is 0 Å². The predicted molar refractivity (Wildman–Crippen MR) is 96.1 cm³/mol. The second kappa shape index (κ2) is 8.72. The number of aromatic hydroxyl groups is 1. The highest BCUT2D eigenvalue weighted by atomic mass is 35.5. The van der Waals surface area contributed by atoms with Gasteiger partial charge in [0.2, 0.25) is 0 Å². The van der Waals surface area contributed by atoms with E-state index in [1.807, 2.05) is 6.07 Å². The fraction of sp³-hybridized carbons (Fsp3) is 0.222. The highest BCUT2D eigenvalue weighted by Crippen LogP contribution is 2.28. The molecule has 0 unspecified atom stereocenters. The molecule has 130 valence electrons. The second-order valence-corrected chi connectivity index (χ2v) is 6.22. The summed E-state index contributed by atoms with van der Waals surface area (Å²) in [7, 11) is 0. The van der Waals surface area contributed by atoms with Gasteiger partial charge in [0.1, 0.15) is 11.8 Å². The van der Waals surface area contributed by atoms with Gasteiger partial charge in [0.15, 0.2) is 0 Å². The first-order valence-corrected chi connectivity index (χ1v) is 8.29. The lowest BCUT2D eigenvalue weighted by Crippen LogP contribution is -2.29. The van der Waals surface area contributed by atoms with Crippen molar-refractivity contribution in [2.45, 2.75) is 12.3 Å². The summed E-state index contributed by atoms with van der Waals surface area (Å²) < 4.78 is 0. The van der Waals surface area contributed by atoms with Crippen LogP contribution in [-0.4, -0.2) is 29.3 Å². The quantitative estimate of drug-likeness (QED) is 0.717. The Morgan fingerprint density at radius 1 is 1.24 bits per heavy atom. The molecule has 0 aliphatic carbocycles. The maximum absolute atomic E-state index is 12.3. The Hall–Kier alpha value is -2.26. The van der Waals surface area contributed by atoms with Crippen molar-refractivity contribution in [3.8, 4) is 11.8 Å². The molecule has 3 N–H and O–H groups in total. The van der Waals surface area contributed by atoms with Crippen LogP contribution in [0.25, 0.3) is 0 Å². The average Bonchev–Trinajstić information content (AvgIpc) is 2.61. The Balaban J connectivity index is 2.14. The van der Waals surface area contributed by atoms with Crippen LogP contribution in [0.5, 0.6) is 5.75 Å². The third-order valence-corrected chi connectivity index (χ3v) is 4.54. The molecule has 0 saturated carbocycles. The molecule has 0 fully saturated rings. The van der Waals surface area contributed by atoms with Crippen LogP contribution >= 0.6 is 23.2 Å². The fourth-order valence-corrected chi connectivity index (χ4v) is 2.74. The fourth-order valence-electron chi connectivity index (χ4n) is 2.44. The molecule has 0 heterocycles. The van der Waals surface area contributed by atoms with Crippen LogP contribution in [0, 0.1) is 11.3 Å². The number of nitrogens with one attached hydrogen (secondary N) is 1. The zero-order valence-electron chi connectivity index (χ0n) is 13.2. The molecule has 0 aromatic heterocycles. The van der Waals surface area contributed by atoms with Gasteiger partial charge < -0.3 is 15.5 Å². The van der Waals surface area contributed by atoms with Crippen LogP contribution in [0.4, 0.5) is 0 Å². The lowest BCUT2D eigenvalue weighted by molar-refractivity contribution is 0.0946. The number of carbonyl (C=O) groups excluding carboxylic acids is 1. The number of halogens is 2. The third-order valence-electron chi connectivity index (χ3n) is 3.80. The molecule has 1 atom stereocenters. The summed E-state index contributed by atoms with van der Waals surface area (Å²) in [5, 5.41) is 31.7. The number of amides is 1. The minimum absolute atomic E-state index is 0.0240. The monoisotopic (exact) mass is 378 g/mol. The van der Waals surface area contributed by atoms with Crippen LogP contribution in [0.3, 0.4) is 0 Å². The molecule has 0 radical (unpaired) electrons.